The summed E-state index contributed by atoms with van der Waals surface area (Å²) >= 11 is 0. The Bertz CT molecular complexity index is 1160. The maximum Gasteiger partial charge on any atom is 0.407 e. The Balaban J connectivity index is 1.68. The second-order valence-electron chi connectivity index (χ2n) is 10.7. The van der Waals surface area contributed by atoms with Gasteiger partial charge in [0.15, 0.2) is 0 Å². The van der Waals surface area contributed by atoms with Crippen molar-refractivity contribution in [1.29, 1.82) is 0 Å². The second-order valence-corrected chi connectivity index (χ2v) is 10.7. The highest BCUT2D eigenvalue weighted by Crippen LogP contribution is 2.24. The smallest absolute Gasteiger partial charge is 0.407 e. The molecular formula is C27H35N5O5. The van der Waals surface area contributed by atoms with E-state index in [1.807, 2.05) is 55.5 Å². The Labute approximate surface area is 217 Å². The van der Waals surface area contributed by atoms with Crippen molar-refractivity contribution in [1.82, 2.24) is 25.5 Å². The molecule has 1 atom stereocenters. The maximum absolute atomic E-state index is 12.4. The summed E-state index contributed by atoms with van der Waals surface area (Å²) in [5, 5.41) is 15.3. The number of amides is 1. The zero-order chi connectivity index (χ0) is 27.2. The maximum atomic E-state index is 12.4. The number of carbonyl (C=O) groups excluding carboxylic acids is 2. The highest BCUT2D eigenvalue weighted by molar-refractivity contribution is 5.73. The third kappa shape index (κ3) is 9.55. The van der Waals surface area contributed by atoms with E-state index in [0.29, 0.717) is 11.6 Å². The molecule has 1 amide bonds. The first-order valence-electron chi connectivity index (χ1n) is 12.1. The van der Waals surface area contributed by atoms with Crippen LogP contribution >= 0.6 is 0 Å². The van der Waals surface area contributed by atoms with E-state index in [2.05, 4.69) is 20.7 Å². The molecule has 1 aromatic heterocycles. The monoisotopic (exact) mass is 509 g/mol. The number of aromatic nitrogens is 4. The van der Waals surface area contributed by atoms with Gasteiger partial charge in [0.2, 0.25) is 5.82 Å². The van der Waals surface area contributed by atoms with E-state index in [-0.39, 0.29) is 13.0 Å². The van der Waals surface area contributed by atoms with Gasteiger partial charge >= 0.3 is 12.1 Å². The molecule has 0 bridgehead atoms. The van der Waals surface area contributed by atoms with Crippen LogP contribution in [0.1, 0.15) is 53.5 Å². The topological polar surface area (TPSA) is 117 Å². The first kappa shape index (κ1) is 27.6. The molecule has 3 rings (SSSR count). The minimum absolute atomic E-state index is 0.0849. The fraction of sp³-hybridized carbons (Fsp3) is 0.444. The summed E-state index contributed by atoms with van der Waals surface area (Å²) in [5.74, 6) is 1.36. The van der Waals surface area contributed by atoms with Crippen LogP contribution < -0.4 is 10.1 Å². The lowest BCUT2D eigenvalue weighted by Crippen LogP contribution is -2.43. The van der Waals surface area contributed by atoms with Gasteiger partial charge in [-0.25, -0.2) is 4.79 Å². The summed E-state index contributed by atoms with van der Waals surface area (Å²) in [6.07, 6.45) is -0.733. The van der Waals surface area contributed by atoms with E-state index in [9.17, 15) is 9.59 Å². The molecule has 0 aliphatic heterocycles. The number of nitrogens with zero attached hydrogens (tertiary/aromatic N) is 4. The van der Waals surface area contributed by atoms with Crippen LogP contribution in [0.3, 0.4) is 0 Å². The summed E-state index contributed by atoms with van der Waals surface area (Å²) in [4.78, 5) is 26.1. The molecule has 0 aliphatic carbocycles. The van der Waals surface area contributed by atoms with Crippen LogP contribution in [0.25, 0.3) is 11.4 Å². The number of tetrazole rings is 1. The van der Waals surface area contributed by atoms with E-state index in [0.717, 1.165) is 16.9 Å². The van der Waals surface area contributed by atoms with Gasteiger partial charge in [0.25, 0.3) is 0 Å². The van der Waals surface area contributed by atoms with Gasteiger partial charge in [-0.1, -0.05) is 17.7 Å². The van der Waals surface area contributed by atoms with Gasteiger partial charge in [-0.3, -0.25) is 4.79 Å². The number of rotatable bonds is 8. The number of alkyl carbamates (subject to hydrolysis) is 1. The third-order valence-electron chi connectivity index (χ3n) is 4.76. The molecule has 1 heterocycles. The second kappa shape index (κ2) is 11.4. The average Bonchev–Trinajstić information content (AvgIpc) is 3.21. The summed E-state index contributed by atoms with van der Waals surface area (Å²) in [6.45, 7) is 12.7. The largest absolute Gasteiger partial charge is 0.460 e. The molecule has 0 unspecified atom stereocenters. The first-order chi connectivity index (χ1) is 17.3. The Morgan fingerprint density at radius 1 is 0.892 bits per heavy atom. The standard InChI is InChI=1S/C27H35N5O5/c1-18-8-12-21(13-9-18)35-22-14-10-19(11-15-22)24-29-31-32(30-24)17-20(16-23(33)36-26(2,3)4)28-25(34)37-27(5,6)7/h8-15,20H,16-17H2,1-7H3,(H,28,34)/t20-/m0/s1. The molecule has 0 radical (unpaired) electrons. The summed E-state index contributed by atoms with van der Waals surface area (Å²) in [6, 6.07) is 14.4. The van der Waals surface area contributed by atoms with Crippen LogP contribution in [-0.2, 0) is 20.8 Å². The Morgan fingerprint density at radius 3 is 2.03 bits per heavy atom. The van der Waals surface area contributed by atoms with Crippen molar-refractivity contribution in [2.75, 3.05) is 0 Å². The van der Waals surface area contributed by atoms with Crippen LogP contribution in [0, 0.1) is 6.92 Å². The average molecular weight is 510 g/mol. The number of aryl methyl sites for hydroxylation is 1. The Hall–Kier alpha value is -3.95. The number of benzene rings is 2. The minimum Gasteiger partial charge on any atom is -0.460 e. The Kier molecular flexibility index (Phi) is 8.52. The van der Waals surface area contributed by atoms with Crippen molar-refractivity contribution in [2.45, 2.75) is 78.7 Å². The van der Waals surface area contributed by atoms with E-state index < -0.39 is 29.3 Å². The normalized spacial score (nSPS) is 12.5. The molecule has 1 N–H and O–H groups in total. The fourth-order valence-corrected chi connectivity index (χ4v) is 3.27. The molecule has 0 aliphatic rings. The van der Waals surface area contributed by atoms with Gasteiger partial charge in [0, 0.05) is 5.56 Å². The number of nitrogens with one attached hydrogen (secondary N) is 1. The molecule has 10 heteroatoms. The van der Waals surface area contributed by atoms with Crippen molar-refractivity contribution in [3.63, 3.8) is 0 Å². The van der Waals surface area contributed by atoms with Crippen LogP contribution in [-0.4, -0.2) is 49.5 Å². The van der Waals surface area contributed by atoms with E-state index in [1.54, 1.807) is 41.5 Å². The van der Waals surface area contributed by atoms with Crippen LogP contribution in [0.15, 0.2) is 48.5 Å². The van der Waals surface area contributed by atoms with Crippen molar-refractivity contribution >= 4 is 12.1 Å². The van der Waals surface area contributed by atoms with Crippen molar-refractivity contribution in [2.24, 2.45) is 0 Å². The Morgan fingerprint density at radius 2 is 1.46 bits per heavy atom. The van der Waals surface area contributed by atoms with Crippen LogP contribution in [0.5, 0.6) is 11.5 Å². The lowest BCUT2D eigenvalue weighted by Gasteiger charge is -2.24. The first-order valence-corrected chi connectivity index (χ1v) is 12.1. The number of ether oxygens (including phenoxy) is 3. The lowest BCUT2D eigenvalue weighted by molar-refractivity contribution is -0.155. The summed E-state index contributed by atoms with van der Waals surface area (Å²) in [7, 11) is 0. The van der Waals surface area contributed by atoms with Crippen LogP contribution in [0.4, 0.5) is 4.79 Å². The van der Waals surface area contributed by atoms with Gasteiger partial charge in [0.1, 0.15) is 22.7 Å². The molecule has 3 aromatic rings. The highest BCUT2D eigenvalue weighted by Gasteiger charge is 2.25. The molecule has 10 nitrogen and oxygen atoms in total. The number of hydrogen-bond acceptors (Lipinski definition) is 8. The van der Waals surface area contributed by atoms with Gasteiger partial charge in [-0.2, -0.15) is 4.80 Å². The van der Waals surface area contributed by atoms with Crippen molar-refractivity contribution in [3.8, 4) is 22.9 Å². The molecule has 37 heavy (non-hydrogen) atoms. The van der Waals surface area contributed by atoms with Crippen LogP contribution in [0.2, 0.25) is 0 Å². The minimum atomic E-state index is -0.686. The van der Waals surface area contributed by atoms with Gasteiger partial charge in [-0.15, -0.1) is 10.2 Å². The number of esters is 1. The van der Waals surface area contributed by atoms with Gasteiger partial charge in [-0.05, 0) is 90.1 Å². The molecular weight excluding hydrogens is 474 g/mol. The summed E-state index contributed by atoms with van der Waals surface area (Å²) < 4.78 is 16.6. The molecule has 198 valence electrons. The predicted octanol–water partition coefficient (Wildman–Crippen LogP) is 5.07. The SMILES string of the molecule is Cc1ccc(Oc2ccc(-c3nnn(C[C@H](CC(=O)OC(C)(C)C)NC(=O)OC(C)(C)C)n3)cc2)cc1. The summed E-state index contributed by atoms with van der Waals surface area (Å²) in [5.41, 5.74) is 0.564. The van der Waals surface area contributed by atoms with E-state index in [4.69, 9.17) is 14.2 Å². The molecule has 0 spiro atoms. The lowest BCUT2D eigenvalue weighted by atomic mass is 10.1. The zero-order valence-electron chi connectivity index (χ0n) is 22.4. The van der Waals surface area contributed by atoms with Crippen molar-refractivity contribution < 1.29 is 23.8 Å². The molecule has 0 fully saturated rings. The highest BCUT2D eigenvalue weighted by atomic mass is 16.6. The van der Waals surface area contributed by atoms with E-state index >= 15 is 0 Å². The zero-order valence-corrected chi connectivity index (χ0v) is 22.4. The number of carbonyl (C=O) groups is 2. The molecule has 0 saturated carbocycles. The quantitative estimate of drug-likeness (QED) is 0.419. The van der Waals surface area contributed by atoms with E-state index in [1.165, 1.54) is 4.80 Å². The number of hydrogen-bond donors (Lipinski definition) is 1. The molecule has 0 saturated heterocycles. The van der Waals surface area contributed by atoms with Gasteiger partial charge < -0.3 is 19.5 Å². The predicted molar refractivity (Wildman–Crippen MR) is 138 cm³/mol. The fourth-order valence-electron chi connectivity index (χ4n) is 3.27. The third-order valence-corrected chi connectivity index (χ3v) is 4.76. The van der Waals surface area contributed by atoms with Gasteiger partial charge in [0.05, 0.1) is 19.0 Å². The molecule has 2 aromatic carbocycles. The van der Waals surface area contributed by atoms with Crippen molar-refractivity contribution in [3.05, 3.63) is 54.1 Å².